The molecule has 5 rings (SSSR count). The van der Waals surface area contributed by atoms with Gasteiger partial charge in [-0.25, -0.2) is 4.98 Å². The van der Waals surface area contributed by atoms with Crippen LogP contribution < -0.4 is 16.6 Å². The fraction of sp³-hybridized carbons (Fsp3) is 0.130. The highest BCUT2D eigenvalue weighted by Crippen LogP contribution is 2.29. The molecule has 0 saturated heterocycles. The number of nitrogens with zero attached hydrogens (tertiary/aromatic N) is 4. The molecule has 8 nitrogen and oxygen atoms in total. The Morgan fingerprint density at radius 2 is 1.97 bits per heavy atom. The largest absolute Gasteiger partial charge is 0.368 e. The summed E-state index contributed by atoms with van der Waals surface area (Å²) in [4.78, 5) is 29.4. The number of nitrogens with two attached hydrogens (primary N) is 1. The number of rotatable bonds is 4. The highest BCUT2D eigenvalue weighted by atomic mass is 35.5. The van der Waals surface area contributed by atoms with E-state index in [1.165, 1.54) is 6.33 Å². The van der Waals surface area contributed by atoms with Crippen molar-refractivity contribution in [2.24, 2.45) is 0 Å². The molecule has 0 spiro atoms. The lowest BCUT2D eigenvalue weighted by Gasteiger charge is -2.22. The number of hydrogen-bond donors (Lipinski definition) is 3. The summed E-state index contributed by atoms with van der Waals surface area (Å²) >= 11 is 6.42. The number of anilines is 2. The van der Waals surface area contributed by atoms with Gasteiger partial charge in [-0.1, -0.05) is 41.9 Å². The number of pyridine rings is 1. The third-order valence-electron chi connectivity index (χ3n) is 5.48. The molecule has 0 fully saturated rings. The summed E-state index contributed by atoms with van der Waals surface area (Å²) in [7, 11) is 0. The number of fused-ring (bicyclic) bond motifs is 2. The molecular weight excluding hydrogens is 426 g/mol. The average molecular weight is 446 g/mol. The second kappa shape index (κ2) is 7.65. The monoisotopic (exact) mass is 445 g/mol. The number of nitrogen functional groups attached to an aromatic ring is 1. The Bertz CT molecular complexity index is 1540. The molecule has 0 aliphatic carbocycles. The molecule has 0 bridgehead atoms. The van der Waals surface area contributed by atoms with Crippen molar-refractivity contribution < 1.29 is 0 Å². The molecule has 160 valence electrons. The first-order valence-corrected chi connectivity index (χ1v) is 10.4. The van der Waals surface area contributed by atoms with Gasteiger partial charge in [0.2, 0.25) is 5.95 Å². The normalized spacial score (nSPS) is 12.3. The van der Waals surface area contributed by atoms with Gasteiger partial charge in [-0.15, -0.1) is 0 Å². The van der Waals surface area contributed by atoms with Gasteiger partial charge in [0, 0.05) is 5.69 Å². The van der Waals surface area contributed by atoms with Gasteiger partial charge < -0.3 is 16.0 Å². The van der Waals surface area contributed by atoms with Crippen LogP contribution in [0.3, 0.4) is 0 Å². The summed E-state index contributed by atoms with van der Waals surface area (Å²) in [5.74, 6) is 0.619. The Kier molecular flexibility index (Phi) is 4.79. The molecule has 0 saturated carbocycles. The number of H-pyrrole nitrogens is 1. The summed E-state index contributed by atoms with van der Waals surface area (Å²) in [6.45, 7) is 3.93. The molecule has 0 radical (unpaired) electrons. The topological polar surface area (TPSA) is 115 Å². The van der Waals surface area contributed by atoms with Crippen LogP contribution in [0.5, 0.6) is 0 Å². The van der Waals surface area contributed by atoms with Crippen LogP contribution >= 0.6 is 11.6 Å². The summed E-state index contributed by atoms with van der Waals surface area (Å²) < 4.78 is 1.70. The first-order valence-electron chi connectivity index (χ1n) is 10.1. The highest BCUT2D eigenvalue weighted by molar-refractivity contribution is 6.35. The van der Waals surface area contributed by atoms with Crippen LogP contribution in [0.2, 0.25) is 5.02 Å². The maximum Gasteiger partial charge on any atom is 0.264 e. The molecular formula is C23H20ClN7O. The van der Waals surface area contributed by atoms with Crippen LogP contribution in [0.4, 0.5) is 11.8 Å². The molecule has 3 aromatic heterocycles. The zero-order valence-corrected chi connectivity index (χ0v) is 18.2. The minimum absolute atomic E-state index is 0.112. The van der Waals surface area contributed by atoms with Gasteiger partial charge in [0.15, 0.2) is 11.5 Å². The van der Waals surface area contributed by atoms with Crippen molar-refractivity contribution in [2.45, 2.75) is 19.9 Å². The Morgan fingerprint density at radius 1 is 1.16 bits per heavy atom. The summed E-state index contributed by atoms with van der Waals surface area (Å²) in [6, 6.07) is 14.9. The van der Waals surface area contributed by atoms with E-state index in [0.717, 1.165) is 22.3 Å². The van der Waals surface area contributed by atoms with Crippen molar-refractivity contribution in [3.8, 4) is 5.69 Å². The number of para-hydroxylation sites is 1. The zero-order valence-electron chi connectivity index (χ0n) is 17.4. The molecule has 9 heteroatoms. The fourth-order valence-corrected chi connectivity index (χ4v) is 4.22. The standard InChI is InChI=1S/C23H20ClN7O/c1-12-6-3-4-9-16(12)31-17(10-14-7-5-8-15(24)18(14)22(31)32)13(2)28-21-19-20(27-11-26-19)29-23(25)30-21/h3-11,13H,1-2H3,(H4,25,26,27,28,29,30)/t13-/m1/s1. The summed E-state index contributed by atoms with van der Waals surface area (Å²) in [5.41, 5.74) is 9.30. The van der Waals surface area contributed by atoms with E-state index < -0.39 is 0 Å². The molecule has 0 amide bonds. The lowest BCUT2D eigenvalue weighted by molar-refractivity contribution is 0.772. The number of benzene rings is 2. The second-order valence-electron chi connectivity index (χ2n) is 7.60. The molecule has 0 aliphatic rings. The highest BCUT2D eigenvalue weighted by Gasteiger charge is 2.20. The Hall–Kier alpha value is -3.91. The van der Waals surface area contributed by atoms with Gasteiger partial charge >= 0.3 is 0 Å². The third-order valence-corrected chi connectivity index (χ3v) is 5.80. The number of aromatic nitrogens is 5. The van der Waals surface area contributed by atoms with Crippen molar-refractivity contribution in [1.82, 2.24) is 24.5 Å². The van der Waals surface area contributed by atoms with Gasteiger partial charge in [-0.3, -0.25) is 9.36 Å². The maximum absolute atomic E-state index is 13.7. The molecule has 5 aromatic rings. The second-order valence-corrected chi connectivity index (χ2v) is 8.01. The minimum atomic E-state index is -0.313. The molecule has 2 aromatic carbocycles. The molecule has 0 unspecified atom stereocenters. The van der Waals surface area contributed by atoms with Gasteiger partial charge in [0.25, 0.3) is 5.56 Å². The molecule has 4 N–H and O–H groups in total. The fourth-order valence-electron chi connectivity index (χ4n) is 3.95. The summed E-state index contributed by atoms with van der Waals surface area (Å²) in [5, 5.41) is 5.04. The van der Waals surface area contributed by atoms with Crippen molar-refractivity contribution >= 4 is 45.3 Å². The lowest BCUT2D eigenvalue weighted by atomic mass is 10.1. The van der Waals surface area contributed by atoms with Crippen molar-refractivity contribution in [3.05, 3.63) is 81.5 Å². The third kappa shape index (κ3) is 3.25. The quantitative estimate of drug-likeness (QED) is 0.378. The number of aryl methyl sites for hydroxylation is 1. The summed E-state index contributed by atoms with van der Waals surface area (Å²) in [6.07, 6.45) is 1.54. The molecule has 3 heterocycles. The first kappa shape index (κ1) is 20.0. The van der Waals surface area contributed by atoms with Gasteiger partial charge in [-0.05, 0) is 43.0 Å². The lowest BCUT2D eigenvalue weighted by Crippen LogP contribution is -2.26. The van der Waals surface area contributed by atoms with Crippen molar-refractivity contribution in [3.63, 3.8) is 0 Å². The van der Waals surface area contributed by atoms with E-state index in [4.69, 9.17) is 17.3 Å². The van der Waals surface area contributed by atoms with Gasteiger partial charge in [0.05, 0.1) is 28.5 Å². The Morgan fingerprint density at radius 3 is 2.78 bits per heavy atom. The van der Waals surface area contributed by atoms with E-state index in [2.05, 4.69) is 25.3 Å². The maximum atomic E-state index is 13.7. The predicted octanol–water partition coefficient (Wildman–Crippen LogP) is 4.37. The smallest absolute Gasteiger partial charge is 0.264 e. The van der Waals surface area contributed by atoms with E-state index in [-0.39, 0.29) is 17.5 Å². The number of nitrogens with one attached hydrogen (secondary N) is 2. The van der Waals surface area contributed by atoms with E-state index in [0.29, 0.717) is 27.4 Å². The van der Waals surface area contributed by atoms with E-state index in [1.54, 1.807) is 10.6 Å². The van der Waals surface area contributed by atoms with E-state index in [9.17, 15) is 4.79 Å². The first-order chi connectivity index (χ1) is 15.4. The Balaban J connectivity index is 1.74. The Labute approximate surface area is 188 Å². The zero-order chi connectivity index (χ0) is 22.4. The minimum Gasteiger partial charge on any atom is -0.368 e. The van der Waals surface area contributed by atoms with E-state index in [1.807, 2.05) is 56.3 Å². The van der Waals surface area contributed by atoms with Crippen molar-refractivity contribution in [2.75, 3.05) is 11.1 Å². The average Bonchev–Trinajstić information content (AvgIpc) is 3.23. The number of halogens is 1. The van der Waals surface area contributed by atoms with Crippen LogP contribution in [-0.2, 0) is 0 Å². The number of hydrogen-bond acceptors (Lipinski definition) is 6. The SMILES string of the molecule is Cc1ccccc1-n1c([C@@H](C)Nc2nc(N)nc3nc[nH]c23)cc2cccc(Cl)c2c1=O. The van der Waals surface area contributed by atoms with Crippen LogP contribution in [0, 0.1) is 6.92 Å². The van der Waals surface area contributed by atoms with Crippen LogP contribution in [0.15, 0.2) is 59.7 Å². The molecule has 1 atom stereocenters. The van der Waals surface area contributed by atoms with E-state index >= 15 is 0 Å². The van der Waals surface area contributed by atoms with Gasteiger partial charge in [-0.2, -0.15) is 9.97 Å². The van der Waals surface area contributed by atoms with Crippen LogP contribution in [0.25, 0.3) is 27.6 Å². The van der Waals surface area contributed by atoms with Crippen LogP contribution in [0.1, 0.15) is 24.2 Å². The van der Waals surface area contributed by atoms with Gasteiger partial charge in [0.1, 0.15) is 5.52 Å². The van der Waals surface area contributed by atoms with Crippen molar-refractivity contribution in [1.29, 1.82) is 0 Å². The number of imidazole rings is 1. The number of aromatic amines is 1. The van der Waals surface area contributed by atoms with Crippen LogP contribution in [-0.4, -0.2) is 24.5 Å². The molecule has 32 heavy (non-hydrogen) atoms. The predicted molar refractivity (Wildman–Crippen MR) is 127 cm³/mol. The molecule has 0 aliphatic heterocycles.